The van der Waals surface area contributed by atoms with Crippen molar-refractivity contribution in [3.05, 3.63) is 43.7 Å². The Hall–Kier alpha value is -1.91. The van der Waals surface area contributed by atoms with E-state index in [9.17, 15) is 14.4 Å². The zero-order chi connectivity index (χ0) is 15.9. The minimum atomic E-state index is -0.676. The molecule has 0 spiro atoms. The summed E-state index contributed by atoms with van der Waals surface area (Å²) in [4.78, 5) is 41.3. The number of carbonyl (C=O) groups is 1. The number of Topliss-reactive ketones (excluding diaryl/α,β-unsaturated/α-hetero) is 1. The van der Waals surface area contributed by atoms with Crippen molar-refractivity contribution in [3.63, 3.8) is 0 Å². The van der Waals surface area contributed by atoms with E-state index in [-0.39, 0.29) is 23.3 Å². The van der Waals surface area contributed by atoms with Gasteiger partial charge in [-0.3, -0.25) is 14.6 Å². The summed E-state index contributed by atoms with van der Waals surface area (Å²) in [6.45, 7) is 9.56. The summed E-state index contributed by atoms with van der Waals surface area (Å²) in [6, 6.07) is 0. The molecule has 0 aliphatic heterocycles. The molecule has 114 valence electrons. The highest BCUT2D eigenvalue weighted by atomic mass is 16.2. The van der Waals surface area contributed by atoms with Crippen molar-refractivity contribution in [2.75, 3.05) is 0 Å². The number of allylic oxidation sites excluding steroid dienone is 2. The van der Waals surface area contributed by atoms with Crippen LogP contribution in [0.2, 0.25) is 0 Å². The molecule has 0 fully saturated rings. The summed E-state index contributed by atoms with van der Waals surface area (Å²) in [7, 11) is 0. The molecule has 1 aromatic heterocycles. The number of aromatic amines is 2. The lowest BCUT2D eigenvalue weighted by molar-refractivity contribution is 0.0813. The summed E-state index contributed by atoms with van der Waals surface area (Å²) >= 11 is 0. The SMILES string of the molecule is CC1=C[C@@](C)(C(=O)c2[nH]c(=O)[nH]c(=O)c2C(C)C)C(C)C1. The van der Waals surface area contributed by atoms with Gasteiger partial charge in [-0.15, -0.1) is 0 Å². The maximum absolute atomic E-state index is 13.0. The predicted molar refractivity (Wildman–Crippen MR) is 81.7 cm³/mol. The van der Waals surface area contributed by atoms with E-state index in [2.05, 4.69) is 9.97 Å². The van der Waals surface area contributed by atoms with Crippen molar-refractivity contribution in [3.8, 4) is 0 Å². The van der Waals surface area contributed by atoms with Gasteiger partial charge in [-0.2, -0.15) is 0 Å². The number of rotatable bonds is 3. The molecule has 1 aliphatic carbocycles. The molecule has 1 unspecified atom stereocenters. The Bertz CT molecular complexity index is 724. The van der Waals surface area contributed by atoms with Gasteiger partial charge in [0.05, 0.1) is 11.1 Å². The quantitative estimate of drug-likeness (QED) is 0.662. The van der Waals surface area contributed by atoms with E-state index in [1.807, 2.05) is 40.7 Å². The second kappa shape index (κ2) is 5.13. The molecule has 1 aromatic rings. The summed E-state index contributed by atoms with van der Waals surface area (Å²) in [5.41, 5.74) is -0.124. The molecule has 0 aromatic carbocycles. The molecule has 0 saturated heterocycles. The molecule has 5 heteroatoms. The average molecular weight is 290 g/mol. The van der Waals surface area contributed by atoms with Crippen LogP contribution in [0.1, 0.15) is 63.0 Å². The second-order valence-corrected chi connectivity index (χ2v) is 6.56. The number of hydrogen-bond acceptors (Lipinski definition) is 3. The number of H-pyrrole nitrogens is 2. The van der Waals surface area contributed by atoms with Gasteiger partial charge in [0.2, 0.25) is 0 Å². The number of hydrogen-bond donors (Lipinski definition) is 2. The lowest BCUT2D eigenvalue weighted by atomic mass is 9.75. The zero-order valence-corrected chi connectivity index (χ0v) is 13.2. The first kappa shape index (κ1) is 15.5. The van der Waals surface area contributed by atoms with Crippen molar-refractivity contribution in [2.24, 2.45) is 11.3 Å². The average Bonchev–Trinajstić information content (AvgIpc) is 2.61. The van der Waals surface area contributed by atoms with Gasteiger partial charge in [0.15, 0.2) is 5.78 Å². The molecule has 2 N–H and O–H groups in total. The molecule has 0 bridgehead atoms. The monoisotopic (exact) mass is 290 g/mol. The van der Waals surface area contributed by atoms with Crippen LogP contribution >= 0.6 is 0 Å². The van der Waals surface area contributed by atoms with Gasteiger partial charge < -0.3 is 4.98 Å². The maximum Gasteiger partial charge on any atom is 0.326 e. The molecular formula is C16H22N2O3. The third-order valence-electron chi connectivity index (χ3n) is 4.47. The van der Waals surface area contributed by atoms with Gasteiger partial charge in [0, 0.05) is 5.56 Å². The maximum atomic E-state index is 13.0. The van der Waals surface area contributed by atoms with Crippen LogP contribution in [0, 0.1) is 11.3 Å². The number of ketones is 1. The highest BCUT2D eigenvalue weighted by Gasteiger charge is 2.42. The van der Waals surface area contributed by atoms with Crippen LogP contribution < -0.4 is 11.2 Å². The molecule has 2 atom stereocenters. The Morgan fingerprint density at radius 3 is 2.43 bits per heavy atom. The normalized spacial score (nSPS) is 25.2. The summed E-state index contributed by atoms with van der Waals surface area (Å²) < 4.78 is 0. The smallest absolute Gasteiger partial charge is 0.304 e. The molecule has 1 aliphatic rings. The molecule has 2 rings (SSSR count). The topological polar surface area (TPSA) is 82.8 Å². The molecule has 1 heterocycles. The van der Waals surface area contributed by atoms with Crippen LogP contribution in [-0.4, -0.2) is 15.8 Å². The van der Waals surface area contributed by atoms with Gasteiger partial charge in [-0.25, -0.2) is 4.79 Å². The fraction of sp³-hybridized carbons (Fsp3) is 0.562. The molecular weight excluding hydrogens is 268 g/mol. The molecule has 0 amide bonds. The van der Waals surface area contributed by atoms with Gasteiger partial charge >= 0.3 is 5.69 Å². The first-order valence-corrected chi connectivity index (χ1v) is 7.26. The van der Waals surface area contributed by atoms with E-state index in [0.29, 0.717) is 5.56 Å². The Kier molecular flexibility index (Phi) is 3.78. The van der Waals surface area contributed by atoms with E-state index in [1.54, 1.807) is 0 Å². The van der Waals surface area contributed by atoms with E-state index >= 15 is 0 Å². The molecule has 21 heavy (non-hydrogen) atoms. The van der Waals surface area contributed by atoms with Crippen molar-refractivity contribution in [1.29, 1.82) is 0 Å². The lowest BCUT2D eigenvalue weighted by Gasteiger charge is -2.27. The molecule has 0 saturated carbocycles. The van der Waals surface area contributed by atoms with Crippen LogP contribution in [0.25, 0.3) is 0 Å². The summed E-state index contributed by atoms with van der Waals surface area (Å²) in [6.07, 6.45) is 2.82. The summed E-state index contributed by atoms with van der Waals surface area (Å²) in [5, 5.41) is 0. The van der Waals surface area contributed by atoms with E-state index in [1.165, 1.54) is 0 Å². The van der Waals surface area contributed by atoms with Gasteiger partial charge in [0.25, 0.3) is 5.56 Å². The number of aromatic nitrogens is 2. The second-order valence-electron chi connectivity index (χ2n) is 6.56. The Morgan fingerprint density at radius 1 is 1.33 bits per heavy atom. The fourth-order valence-electron chi connectivity index (χ4n) is 3.19. The van der Waals surface area contributed by atoms with Crippen LogP contribution in [-0.2, 0) is 0 Å². The van der Waals surface area contributed by atoms with Gasteiger partial charge in [-0.1, -0.05) is 32.4 Å². The van der Waals surface area contributed by atoms with E-state index < -0.39 is 16.7 Å². The van der Waals surface area contributed by atoms with Crippen LogP contribution in [0.5, 0.6) is 0 Å². The lowest BCUT2D eigenvalue weighted by Crippen LogP contribution is -2.37. The minimum absolute atomic E-state index is 0.144. The first-order valence-electron chi connectivity index (χ1n) is 7.26. The van der Waals surface area contributed by atoms with Crippen LogP contribution in [0.3, 0.4) is 0 Å². The fourth-order valence-corrected chi connectivity index (χ4v) is 3.19. The Labute approximate surface area is 123 Å². The van der Waals surface area contributed by atoms with E-state index in [0.717, 1.165) is 12.0 Å². The molecule has 0 radical (unpaired) electrons. The van der Waals surface area contributed by atoms with Gasteiger partial charge in [0.1, 0.15) is 0 Å². The number of carbonyl (C=O) groups excluding carboxylic acids is 1. The standard InChI is InChI=1S/C16H22N2O3/c1-8(2)11-12(17-15(21)18-14(11)20)13(19)16(5)7-9(3)6-10(16)4/h7-8,10H,6H2,1-5H3,(H2,17,18,20,21)/t10?,16-/m1/s1. The van der Waals surface area contributed by atoms with Crippen molar-refractivity contribution in [1.82, 2.24) is 9.97 Å². The molecule has 5 nitrogen and oxygen atoms in total. The van der Waals surface area contributed by atoms with Gasteiger partial charge in [-0.05, 0) is 32.1 Å². The van der Waals surface area contributed by atoms with Crippen LogP contribution in [0.4, 0.5) is 0 Å². The van der Waals surface area contributed by atoms with Crippen molar-refractivity contribution in [2.45, 2.75) is 47.0 Å². The minimum Gasteiger partial charge on any atom is -0.304 e. The van der Waals surface area contributed by atoms with E-state index in [4.69, 9.17) is 0 Å². The highest BCUT2D eigenvalue weighted by molar-refractivity contribution is 6.01. The Morgan fingerprint density at radius 2 is 1.95 bits per heavy atom. The zero-order valence-electron chi connectivity index (χ0n) is 13.2. The predicted octanol–water partition coefficient (Wildman–Crippen LogP) is 2.36. The highest BCUT2D eigenvalue weighted by Crippen LogP contribution is 2.43. The van der Waals surface area contributed by atoms with Crippen LogP contribution in [0.15, 0.2) is 21.2 Å². The third-order valence-corrected chi connectivity index (χ3v) is 4.47. The first-order chi connectivity index (χ1) is 9.66. The number of nitrogens with one attached hydrogen (secondary N) is 2. The summed E-state index contributed by atoms with van der Waals surface area (Å²) in [5.74, 6) is -0.179. The van der Waals surface area contributed by atoms with Crippen molar-refractivity contribution < 1.29 is 4.79 Å². The largest absolute Gasteiger partial charge is 0.326 e. The Balaban J connectivity index is 2.65. The third kappa shape index (κ3) is 2.52. The van der Waals surface area contributed by atoms with Crippen molar-refractivity contribution >= 4 is 5.78 Å².